The average Bonchev–Trinajstić information content (AvgIpc) is 3.81. The molecule has 3 heterocycles. The molecule has 11 heteroatoms. The van der Waals surface area contributed by atoms with Crippen LogP contribution in [0.3, 0.4) is 0 Å². The van der Waals surface area contributed by atoms with Crippen molar-refractivity contribution in [3.8, 4) is 17.4 Å². The van der Waals surface area contributed by atoms with E-state index in [0.717, 1.165) is 62.3 Å². The lowest BCUT2D eigenvalue weighted by Gasteiger charge is -2.31. The average molecular weight is 622 g/mol. The van der Waals surface area contributed by atoms with E-state index in [2.05, 4.69) is 11.4 Å². The molecule has 6 rings (SSSR count). The lowest BCUT2D eigenvalue weighted by atomic mass is 9.96. The number of carbonyl (C=O) groups is 3. The number of rotatable bonds is 5. The SMILES string of the molecule is CCOc1cc2c3cc(c(OC)cc3n1)/C=C/C[C@@H]1CCC[C@H]1OC(=O)N[C@@H](C1CCCC1)C(=O)N1C[C@@H](C[C@H]1C(=O)OC)O2. The van der Waals surface area contributed by atoms with Crippen molar-refractivity contribution >= 4 is 34.9 Å². The Bertz CT molecular complexity index is 1450. The van der Waals surface area contributed by atoms with E-state index in [1.807, 2.05) is 25.1 Å². The minimum absolute atomic E-state index is 0.0393. The van der Waals surface area contributed by atoms with Crippen LogP contribution in [0.1, 0.15) is 70.3 Å². The van der Waals surface area contributed by atoms with E-state index in [-0.39, 0.29) is 36.8 Å². The van der Waals surface area contributed by atoms with Gasteiger partial charge in [0.1, 0.15) is 35.8 Å². The monoisotopic (exact) mass is 621 g/mol. The van der Waals surface area contributed by atoms with E-state index in [4.69, 9.17) is 28.7 Å². The summed E-state index contributed by atoms with van der Waals surface area (Å²) in [4.78, 5) is 46.8. The van der Waals surface area contributed by atoms with Gasteiger partial charge in [0.2, 0.25) is 11.8 Å². The van der Waals surface area contributed by atoms with Gasteiger partial charge in [-0.1, -0.05) is 25.0 Å². The summed E-state index contributed by atoms with van der Waals surface area (Å²) in [5, 5.41) is 3.70. The zero-order valence-corrected chi connectivity index (χ0v) is 26.3. The Hall–Kier alpha value is -4.02. The number of nitrogens with zero attached hydrogens (tertiary/aromatic N) is 2. The number of benzene rings is 1. The van der Waals surface area contributed by atoms with Crippen molar-refractivity contribution < 1.29 is 38.1 Å². The number of alkyl carbamates (subject to hydrolysis) is 1. The summed E-state index contributed by atoms with van der Waals surface area (Å²) < 4.78 is 29.2. The Morgan fingerprint density at radius 1 is 1.04 bits per heavy atom. The second-order valence-corrected chi connectivity index (χ2v) is 12.4. The van der Waals surface area contributed by atoms with Gasteiger partial charge >= 0.3 is 12.1 Å². The molecule has 3 fully saturated rings. The molecule has 0 radical (unpaired) electrons. The zero-order chi connectivity index (χ0) is 31.5. The van der Waals surface area contributed by atoms with E-state index in [1.54, 1.807) is 13.2 Å². The second-order valence-electron chi connectivity index (χ2n) is 12.4. The molecule has 4 bridgehead atoms. The lowest BCUT2D eigenvalue weighted by molar-refractivity contribution is -0.152. The molecule has 1 aromatic carbocycles. The Balaban J connectivity index is 1.43. The summed E-state index contributed by atoms with van der Waals surface area (Å²) in [6.07, 6.45) is 10.0. The van der Waals surface area contributed by atoms with Crippen molar-refractivity contribution in [3.63, 3.8) is 0 Å². The van der Waals surface area contributed by atoms with E-state index >= 15 is 0 Å². The number of amides is 2. The predicted octanol–water partition coefficient (Wildman–Crippen LogP) is 5.03. The van der Waals surface area contributed by atoms with Crippen LogP contribution in [0.2, 0.25) is 0 Å². The van der Waals surface area contributed by atoms with Crippen molar-refractivity contribution in [1.82, 2.24) is 15.2 Å². The molecule has 2 amide bonds. The summed E-state index contributed by atoms with van der Waals surface area (Å²) in [5.41, 5.74) is 1.49. The van der Waals surface area contributed by atoms with Crippen LogP contribution in [-0.2, 0) is 19.1 Å². The third kappa shape index (κ3) is 6.53. The van der Waals surface area contributed by atoms with Crippen LogP contribution in [0, 0.1) is 11.8 Å². The van der Waals surface area contributed by atoms with E-state index < -0.39 is 30.3 Å². The number of ether oxygens (including phenoxy) is 5. The number of aromatic nitrogens is 1. The smallest absolute Gasteiger partial charge is 0.408 e. The molecular weight excluding hydrogens is 578 g/mol. The van der Waals surface area contributed by atoms with Gasteiger partial charge < -0.3 is 33.9 Å². The lowest BCUT2D eigenvalue weighted by Crippen LogP contribution is -2.55. The Kier molecular flexibility index (Phi) is 9.32. The maximum absolute atomic E-state index is 14.3. The van der Waals surface area contributed by atoms with E-state index in [1.165, 1.54) is 12.0 Å². The minimum Gasteiger partial charge on any atom is -0.496 e. The highest BCUT2D eigenvalue weighted by Crippen LogP contribution is 2.38. The molecule has 11 nitrogen and oxygen atoms in total. The molecular formula is C34H43N3O8. The normalized spacial score (nSPS) is 28.1. The van der Waals surface area contributed by atoms with Gasteiger partial charge in [-0.25, -0.2) is 14.6 Å². The third-order valence-electron chi connectivity index (χ3n) is 9.70. The molecule has 2 aliphatic heterocycles. The zero-order valence-electron chi connectivity index (χ0n) is 26.3. The fourth-order valence-electron chi connectivity index (χ4n) is 7.45. The maximum Gasteiger partial charge on any atom is 0.408 e. The summed E-state index contributed by atoms with van der Waals surface area (Å²) >= 11 is 0. The van der Waals surface area contributed by atoms with Crippen LogP contribution < -0.4 is 19.5 Å². The number of pyridine rings is 1. The van der Waals surface area contributed by atoms with Crippen LogP contribution in [-0.4, -0.2) is 79.5 Å². The van der Waals surface area contributed by atoms with Gasteiger partial charge in [0, 0.05) is 29.5 Å². The van der Waals surface area contributed by atoms with Crippen molar-refractivity contribution in [2.75, 3.05) is 27.4 Å². The molecule has 0 unspecified atom stereocenters. The van der Waals surface area contributed by atoms with Crippen molar-refractivity contribution in [2.24, 2.45) is 11.8 Å². The molecule has 2 aromatic rings. The molecule has 1 saturated heterocycles. The van der Waals surface area contributed by atoms with Crippen LogP contribution in [0.25, 0.3) is 17.0 Å². The van der Waals surface area contributed by atoms with Crippen molar-refractivity contribution in [1.29, 1.82) is 0 Å². The fraction of sp³-hybridized carbons (Fsp3) is 0.588. The molecule has 4 aliphatic rings. The molecule has 1 N–H and O–H groups in total. The molecule has 1 aromatic heterocycles. The number of allylic oxidation sites excluding steroid dienone is 1. The van der Waals surface area contributed by atoms with Crippen molar-refractivity contribution in [2.45, 2.75) is 89.0 Å². The fourth-order valence-corrected chi connectivity index (χ4v) is 7.45. The Morgan fingerprint density at radius 2 is 1.84 bits per heavy atom. The number of hydrogen-bond acceptors (Lipinski definition) is 9. The van der Waals surface area contributed by atoms with Crippen LogP contribution >= 0.6 is 0 Å². The van der Waals surface area contributed by atoms with Crippen LogP contribution in [0.4, 0.5) is 4.79 Å². The Labute approximate surface area is 263 Å². The summed E-state index contributed by atoms with van der Waals surface area (Å²) in [7, 11) is 2.94. The first-order valence-electron chi connectivity index (χ1n) is 16.2. The number of fused-ring (bicyclic) bond motifs is 4. The topological polar surface area (TPSA) is 126 Å². The third-order valence-corrected chi connectivity index (χ3v) is 9.70. The Morgan fingerprint density at radius 3 is 2.60 bits per heavy atom. The van der Waals surface area contributed by atoms with Gasteiger partial charge in [0.25, 0.3) is 0 Å². The summed E-state index contributed by atoms with van der Waals surface area (Å²) in [5.74, 6) is 0.884. The first kappa shape index (κ1) is 31.0. The van der Waals surface area contributed by atoms with Gasteiger partial charge in [-0.3, -0.25) is 4.79 Å². The summed E-state index contributed by atoms with van der Waals surface area (Å²) in [6, 6.07) is 3.94. The van der Waals surface area contributed by atoms with Crippen LogP contribution in [0.5, 0.6) is 17.4 Å². The molecule has 45 heavy (non-hydrogen) atoms. The first-order chi connectivity index (χ1) is 21.9. The molecule has 242 valence electrons. The minimum atomic E-state index is -0.853. The molecule has 0 spiro atoms. The second kappa shape index (κ2) is 13.5. The number of nitrogens with one attached hydrogen (secondary N) is 1. The van der Waals surface area contributed by atoms with E-state index in [9.17, 15) is 14.4 Å². The standard InChI is InChI=1S/C34H43N3O8/c1-4-43-30-18-29-24-15-22(28(41-2)17-25(24)35-30)13-7-11-20-12-8-14-27(20)45-34(40)36-31(21-9-5-6-10-21)32(38)37-19-23(44-29)16-26(37)33(39)42-3/h7,13,15,17-18,20-21,23,26-27,31H,4-6,8-12,14,16,19H2,1-3H3,(H,36,40)/b13-7+/t20-,23-,26+,27-,31+/m1/s1. The number of esters is 1. The highest BCUT2D eigenvalue weighted by molar-refractivity contribution is 5.91. The summed E-state index contributed by atoms with van der Waals surface area (Å²) in [6.45, 7) is 2.46. The van der Waals surface area contributed by atoms with Crippen molar-refractivity contribution in [3.05, 3.63) is 29.8 Å². The predicted molar refractivity (Wildman–Crippen MR) is 166 cm³/mol. The largest absolute Gasteiger partial charge is 0.496 e. The molecule has 2 aliphatic carbocycles. The number of carbonyl (C=O) groups excluding carboxylic acids is 3. The maximum atomic E-state index is 14.3. The molecule has 2 saturated carbocycles. The van der Waals surface area contributed by atoms with Gasteiger partial charge in [0.15, 0.2) is 0 Å². The molecule has 5 atom stereocenters. The number of methoxy groups -OCH3 is 2. The van der Waals surface area contributed by atoms with Gasteiger partial charge in [0.05, 0.1) is 32.9 Å². The van der Waals surface area contributed by atoms with E-state index in [0.29, 0.717) is 29.5 Å². The van der Waals surface area contributed by atoms with Gasteiger partial charge in [-0.2, -0.15) is 0 Å². The van der Waals surface area contributed by atoms with Gasteiger partial charge in [-0.05, 0) is 63.4 Å². The quantitative estimate of drug-likeness (QED) is 0.458. The first-order valence-corrected chi connectivity index (χ1v) is 16.2. The van der Waals surface area contributed by atoms with Gasteiger partial charge in [-0.15, -0.1) is 0 Å². The van der Waals surface area contributed by atoms with Crippen LogP contribution in [0.15, 0.2) is 24.3 Å². The highest BCUT2D eigenvalue weighted by Gasteiger charge is 2.46. The highest BCUT2D eigenvalue weighted by atomic mass is 16.6. The number of hydrogen-bond donors (Lipinski definition) is 1.